The molecule has 1 N–H and O–H groups in total. The van der Waals surface area contributed by atoms with E-state index in [0.29, 0.717) is 11.5 Å². The first-order chi connectivity index (χ1) is 9.77. The van der Waals surface area contributed by atoms with Gasteiger partial charge in [-0.1, -0.05) is 27.7 Å². The number of aromatic nitrogens is 2. The molecule has 1 aromatic heterocycles. The van der Waals surface area contributed by atoms with Gasteiger partial charge in [0.05, 0.1) is 16.6 Å². The van der Waals surface area contributed by atoms with Crippen LogP contribution in [0.3, 0.4) is 0 Å². The lowest BCUT2D eigenvalue weighted by atomic mass is 9.95. The number of rotatable bonds is 3. The molecule has 1 heterocycles. The van der Waals surface area contributed by atoms with E-state index >= 15 is 0 Å². The number of hydrogen-bond donors (Lipinski definition) is 1. The summed E-state index contributed by atoms with van der Waals surface area (Å²) in [5, 5.41) is 9.21. The number of benzene rings is 1. The van der Waals surface area contributed by atoms with E-state index in [-0.39, 0.29) is 5.41 Å². The Morgan fingerprint density at radius 1 is 1.43 bits per heavy atom. The van der Waals surface area contributed by atoms with E-state index in [1.807, 2.05) is 6.07 Å². The van der Waals surface area contributed by atoms with Crippen LogP contribution in [0.4, 0.5) is 0 Å². The highest BCUT2D eigenvalue weighted by Crippen LogP contribution is 2.40. The van der Waals surface area contributed by atoms with Crippen molar-refractivity contribution in [1.29, 1.82) is 0 Å². The van der Waals surface area contributed by atoms with Gasteiger partial charge in [-0.15, -0.1) is 0 Å². The second-order valence-corrected chi connectivity index (χ2v) is 7.28. The zero-order valence-corrected chi connectivity index (χ0v) is 13.1. The molecule has 21 heavy (non-hydrogen) atoms. The Bertz CT molecular complexity index is 709. The lowest BCUT2D eigenvalue weighted by Gasteiger charge is -2.20. The summed E-state index contributed by atoms with van der Waals surface area (Å²) in [5.41, 5.74) is 2.10. The molecule has 1 aliphatic carbocycles. The SMILES string of the molecule is CC1CC1Cn1c(C(C)(C)C)nc2ccc(C(=O)O)cc21. The molecule has 3 rings (SSSR count). The van der Waals surface area contributed by atoms with Gasteiger partial charge >= 0.3 is 5.97 Å². The number of carboxylic acid groups (broad SMARTS) is 1. The highest BCUT2D eigenvalue weighted by molar-refractivity contribution is 5.92. The maximum absolute atomic E-state index is 11.2. The van der Waals surface area contributed by atoms with E-state index in [0.717, 1.165) is 29.3 Å². The molecule has 0 bridgehead atoms. The fraction of sp³-hybridized carbons (Fsp3) is 0.529. The lowest BCUT2D eigenvalue weighted by Crippen LogP contribution is -2.20. The van der Waals surface area contributed by atoms with Crippen LogP contribution in [0.15, 0.2) is 18.2 Å². The van der Waals surface area contributed by atoms with Crippen molar-refractivity contribution in [2.75, 3.05) is 0 Å². The van der Waals surface area contributed by atoms with Crippen LogP contribution in [-0.4, -0.2) is 20.6 Å². The minimum absolute atomic E-state index is 0.0550. The van der Waals surface area contributed by atoms with Crippen molar-refractivity contribution in [3.8, 4) is 0 Å². The molecule has 1 aromatic carbocycles. The van der Waals surface area contributed by atoms with Gasteiger partial charge in [0.25, 0.3) is 0 Å². The average molecular weight is 286 g/mol. The Labute approximate surface area is 124 Å². The molecule has 0 spiro atoms. The van der Waals surface area contributed by atoms with Crippen molar-refractivity contribution in [2.24, 2.45) is 11.8 Å². The van der Waals surface area contributed by atoms with Crippen LogP contribution in [-0.2, 0) is 12.0 Å². The molecule has 0 radical (unpaired) electrons. The second kappa shape index (κ2) is 4.58. The summed E-state index contributed by atoms with van der Waals surface area (Å²) < 4.78 is 2.23. The van der Waals surface area contributed by atoms with Crippen LogP contribution in [0.1, 0.15) is 50.3 Å². The van der Waals surface area contributed by atoms with Gasteiger partial charge in [-0.25, -0.2) is 9.78 Å². The van der Waals surface area contributed by atoms with Gasteiger partial charge in [0.15, 0.2) is 0 Å². The predicted molar refractivity (Wildman–Crippen MR) is 82.7 cm³/mol. The molecule has 112 valence electrons. The van der Waals surface area contributed by atoms with Gasteiger partial charge in [0.2, 0.25) is 0 Å². The first-order valence-corrected chi connectivity index (χ1v) is 7.51. The molecule has 2 atom stereocenters. The molecule has 2 unspecified atom stereocenters. The van der Waals surface area contributed by atoms with Crippen molar-refractivity contribution < 1.29 is 9.90 Å². The second-order valence-electron chi connectivity index (χ2n) is 7.28. The number of nitrogens with zero attached hydrogens (tertiary/aromatic N) is 2. The molecule has 4 heteroatoms. The minimum Gasteiger partial charge on any atom is -0.478 e. The van der Waals surface area contributed by atoms with Crippen molar-refractivity contribution >= 4 is 17.0 Å². The number of carboxylic acids is 1. The standard InChI is InChI=1S/C17H22N2O2/c1-10-7-12(10)9-19-14-8-11(15(20)21)5-6-13(14)18-16(19)17(2,3)4/h5-6,8,10,12H,7,9H2,1-4H3,(H,20,21). The third-order valence-electron chi connectivity index (χ3n) is 4.36. The zero-order chi connectivity index (χ0) is 15.4. The molecular formula is C17H22N2O2. The quantitative estimate of drug-likeness (QED) is 0.936. The van der Waals surface area contributed by atoms with Crippen LogP contribution in [0.2, 0.25) is 0 Å². The number of aromatic carboxylic acids is 1. The van der Waals surface area contributed by atoms with Crippen LogP contribution >= 0.6 is 0 Å². The highest BCUT2D eigenvalue weighted by Gasteiger charge is 2.35. The first-order valence-electron chi connectivity index (χ1n) is 7.51. The van der Waals surface area contributed by atoms with Crippen molar-refractivity contribution in [1.82, 2.24) is 9.55 Å². The van der Waals surface area contributed by atoms with Gasteiger partial charge in [-0.2, -0.15) is 0 Å². The van der Waals surface area contributed by atoms with E-state index in [1.54, 1.807) is 12.1 Å². The van der Waals surface area contributed by atoms with Crippen LogP contribution in [0.5, 0.6) is 0 Å². The summed E-state index contributed by atoms with van der Waals surface area (Å²) in [6.07, 6.45) is 1.25. The fourth-order valence-corrected chi connectivity index (χ4v) is 2.90. The molecule has 4 nitrogen and oxygen atoms in total. The van der Waals surface area contributed by atoms with Gasteiger partial charge < -0.3 is 9.67 Å². The first kappa shape index (κ1) is 14.1. The Balaban J connectivity index is 2.16. The van der Waals surface area contributed by atoms with E-state index in [2.05, 4.69) is 32.3 Å². The number of carbonyl (C=O) groups is 1. The third-order valence-corrected chi connectivity index (χ3v) is 4.36. The van der Waals surface area contributed by atoms with Gasteiger partial charge in [0.1, 0.15) is 5.82 Å². The summed E-state index contributed by atoms with van der Waals surface area (Å²) in [7, 11) is 0. The Morgan fingerprint density at radius 2 is 2.10 bits per heavy atom. The molecule has 1 aliphatic rings. The van der Waals surface area contributed by atoms with E-state index < -0.39 is 5.97 Å². The van der Waals surface area contributed by atoms with Crippen molar-refractivity contribution in [3.63, 3.8) is 0 Å². The molecule has 0 amide bonds. The van der Waals surface area contributed by atoms with Crippen LogP contribution in [0, 0.1) is 11.8 Å². The molecule has 0 aliphatic heterocycles. The molecule has 0 saturated heterocycles. The van der Waals surface area contributed by atoms with Crippen molar-refractivity contribution in [2.45, 2.75) is 46.1 Å². The zero-order valence-electron chi connectivity index (χ0n) is 13.1. The van der Waals surface area contributed by atoms with E-state index in [1.165, 1.54) is 6.42 Å². The lowest BCUT2D eigenvalue weighted by molar-refractivity contribution is 0.0697. The summed E-state index contributed by atoms with van der Waals surface area (Å²) in [4.78, 5) is 16.0. The van der Waals surface area contributed by atoms with Gasteiger partial charge in [0, 0.05) is 12.0 Å². The van der Waals surface area contributed by atoms with Crippen LogP contribution in [0.25, 0.3) is 11.0 Å². The summed E-state index contributed by atoms with van der Waals surface area (Å²) >= 11 is 0. The summed E-state index contributed by atoms with van der Waals surface area (Å²) in [5.74, 6) is 1.61. The maximum atomic E-state index is 11.2. The predicted octanol–water partition coefficient (Wildman–Crippen LogP) is 3.69. The Morgan fingerprint density at radius 3 is 2.62 bits per heavy atom. The molecular weight excluding hydrogens is 264 g/mol. The van der Waals surface area contributed by atoms with Crippen LogP contribution < -0.4 is 0 Å². The van der Waals surface area contributed by atoms with Gasteiger partial charge in [-0.05, 0) is 36.5 Å². The Kier molecular flexibility index (Phi) is 3.08. The Hall–Kier alpha value is -1.84. The fourth-order valence-electron chi connectivity index (χ4n) is 2.90. The smallest absolute Gasteiger partial charge is 0.335 e. The van der Waals surface area contributed by atoms with E-state index in [9.17, 15) is 9.90 Å². The monoisotopic (exact) mass is 286 g/mol. The number of fused-ring (bicyclic) bond motifs is 1. The average Bonchev–Trinajstić information content (AvgIpc) is 2.95. The normalized spacial score (nSPS) is 21.7. The third kappa shape index (κ3) is 2.55. The maximum Gasteiger partial charge on any atom is 0.335 e. The summed E-state index contributed by atoms with van der Waals surface area (Å²) in [6, 6.07) is 5.21. The topological polar surface area (TPSA) is 55.1 Å². The summed E-state index contributed by atoms with van der Waals surface area (Å²) in [6.45, 7) is 9.66. The largest absolute Gasteiger partial charge is 0.478 e. The highest BCUT2D eigenvalue weighted by atomic mass is 16.4. The number of imidazole rings is 1. The minimum atomic E-state index is -0.887. The number of hydrogen-bond acceptors (Lipinski definition) is 2. The molecule has 1 fully saturated rings. The van der Waals surface area contributed by atoms with Gasteiger partial charge in [-0.3, -0.25) is 0 Å². The van der Waals surface area contributed by atoms with Crippen molar-refractivity contribution in [3.05, 3.63) is 29.6 Å². The molecule has 1 saturated carbocycles. The molecule has 2 aromatic rings. The van der Waals surface area contributed by atoms with E-state index in [4.69, 9.17) is 4.98 Å².